The molecule has 0 unspecified atom stereocenters. The van der Waals surface area contributed by atoms with Gasteiger partial charge >= 0.3 is 0 Å². The number of thiol groups is 5. The van der Waals surface area contributed by atoms with Gasteiger partial charge in [0.05, 0.1) is 11.3 Å². The van der Waals surface area contributed by atoms with E-state index in [0.717, 1.165) is 5.69 Å². The number of aliphatic imine (C=N–C) groups is 1. The molecule has 3 aromatic heterocycles. The maximum Gasteiger partial charge on any atom is 0.281 e. The van der Waals surface area contributed by atoms with Gasteiger partial charge in [-0.3, -0.25) is 14.8 Å². The van der Waals surface area contributed by atoms with Crippen LogP contribution in [0, 0.1) is 6.92 Å². The van der Waals surface area contributed by atoms with Crippen molar-refractivity contribution in [1.29, 1.82) is 0 Å². The second kappa shape index (κ2) is 10.2. The third-order valence-electron chi connectivity index (χ3n) is 5.28. The van der Waals surface area contributed by atoms with Gasteiger partial charge in [-0.15, -0.1) is 63.1 Å². The van der Waals surface area contributed by atoms with Crippen molar-refractivity contribution in [3.63, 3.8) is 0 Å². The SMILES string of the molecule is CN=Cc1cc(-n2nc3ccc(NC(S)(S)C(S)(S)S)nc3c(-c3ccc(C)nc3)c2=O)ccc1N. The Hall–Kier alpha value is -2.32. The Morgan fingerprint density at radius 1 is 1.08 bits per heavy atom. The number of nitrogens with one attached hydrogen (secondary N) is 1. The van der Waals surface area contributed by atoms with Crippen LogP contribution >= 0.6 is 63.1 Å². The van der Waals surface area contributed by atoms with Crippen LogP contribution in [-0.2, 0) is 0 Å². The molecule has 0 saturated carbocycles. The van der Waals surface area contributed by atoms with Crippen molar-refractivity contribution in [3.8, 4) is 16.8 Å². The van der Waals surface area contributed by atoms with Crippen molar-refractivity contribution in [2.75, 3.05) is 18.1 Å². The van der Waals surface area contributed by atoms with Gasteiger partial charge in [0.25, 0.3) is 5.56 Å². The Morgan fingerprint density at radius 2 is 1.83 bits per heavy atom. The first-order valence-corrected chi connectivity index (χ1v) is 12.7. The molecule has 0 atom stereocenters. The zero-order valence-corrected chi connectivity index (χ0v) is 23.6. The standard InChI is InChI=1S/C23H23N7OS5/c1-12-3-4-13(11-26-12)19-20-17(7-8-18(27-20)28-22(32,33)23(34,35)36)29-30(21(19)31)15-5-6-16(24)14(9-15)10-25-2/h3-11,32-36H,24H2,1-2H3,(H,27,28). The topological polar surface area (TPSA) is 111 Å². The van der Waals surface area contributed by atoms with E-state index >= 15 is 0 Å². The largest absolute Gasteiger partial charge is 0.398 e. The minimum Gasteiger partial charge on any atom is -0.398 e. The van der Waals surface area contributed by atoms with Crippen molar-refractivity contribution in [1.82, 2.24) is 19.7 Å². The molecule has 0 aliphatic carbocycles. The van der Waals surface area contributed by atoms with Crippen LogP contribution in [0.5, 0.6) is 0 Å². The van der Waals surface area contributed by atoms with Gasteiger partial charge in [0.1, 0.15) is 20.3 Å². The zero-order chi connectivity index (χ0) is 26.3. The Morgan fingerprint density at radius 3 is 2.47 bits per heavy atom. The molecule has 0 saturated heterocycles. The van der Waals surface area contributed by atoms with Crippen LogP contribution in [0.2, 0.25) is 0 Å². The molecule has 4 rings (SSSR count). The van der Waals surface area contributed by atoms with Gasteiger partial charge in [-0.05, 0) is 43.3 Å². The Kier molecular flexibility index (Phi) is 7.58. The number of pyridine rings is 2. The number of nitrogen functional groups attached to an aromatic ring is 1. The lowest BCUT2D eigenvalue weighted by atomic mass is 10.1. The first kappa shape index (κ1) is 26.7. The van der Waals surface area contributed by atoms with Crippen LogP contribution in [0.1, 0.15) is 11.3 Å². The minimum atomic E-state index is -1.27. The Balaban J connectivity index is 1.98. The van der Waals surface area contributed by atoms with Gasteiger partial charge in [0.15, 0.2) is 4.20 Å². The summed E-state index contributed by atoms with van der Waals surface area (Å²) in [5.74, 6) is 0.378. The molecule has 186 valence electrons. The number of rotatable bonds is 6. The van der Waals surface area contributed by atoms with Crippen molar-refractivity contribution in [2.24, 2.45) is 4.99 Å². The van der Waals surface area contributed by atoms with Crippen LogP contribution < -0.4 is 16.6 Å². The van der Waals surface area contributed by atoms with Crippen molar-refractivity contribution < 1.29 is 0 Å². The smallest absolute Gasteiger partial charge is 0.281 e. The molecule has 0 aliphatic rings. The molecule has 1 aromatic carbocycles. The number of aryl methyl sites for hydroxylation is 1. The average molecular weight is 574 g/mol. The van der Waals surface area contributed by atoms with Crippen LogP contribution in [0.3, 0.4) is 0 Å². The quantitative estimate of drug-likeness (QED) is 0.0808. The summed E-state index contributed by atoms with van der Waals surface area (Å²) in [5.41, 5.74) is 10.0. The molecule has 0 bridgehead atoms. The number of anilines is 2. The number of nitrogens with zero attached hydrogens (tertiary/aromatic N) is 5. The summed E-state index contributed by atoms with van der Waals surface area (Å²) < 4.78 is -1.16. The van der Waals surface area contributed by atoms with Crippen LogP contribution in [-0.4, -0.2) is 40.6 Å². The fraction of sp³-hybridized carbons (Fsp3) is 0.174. The number of nitrogens with two attached hydrogens (primary N) is 1. The van der Waals surface area contributed by atoms with E-state index in [1.165, 1.54) is 4.68 Å². The van der Waals surface area contributed by atoms with E-state index < -0.39 is 7.61 Å². The number of aromatic nitrogens is 4. The highest BCUT2D eigenvalue weighted by atomic mass is 32.2. The molecule has 4 aromatic rings. The second-order valence-corrected chi connectivity index (χ2v) is 12.7. The summed E-state index contributed by atoms with van der Waals surface area (Å²) in [4.78, 5) is 26.9. The fourth-order valence-corrected chi connectivity index (χ4v) is 3.80. The minimum absolute atomic E-state index is 0.330. The van der Waals surface area contributed by atoms with Gasteiger partial charge in [-0.2, -0.15) is 9.78 Å². The summed E-state index contributed by atoms with van der Waals surface area (Å²) in [6.45, 7) is 1.87. The molecule has 3 heterocycles. The molecule has 0 spiro atoms. The Labute approximate surface area is 235 Å². The molecule has 0 fully saturated rings. The van der Waals surface area contributed by atoms with Crippen LogP contribution in [0.25, 0.3) is 27.8 Å². The number of benzene rings is 1. The Bertz CT molecular complexity index is 1530. The molecule has 13 heteroatoms. The first-order chi connectivity index (χ1) is 16.9. The van der Waals surface area contributed by atoms with Crippen molar-refractivity contribution >= 4 is 91.9 Å². The second-order valence-electron chi connectivity index (χ2n) is 7.98. The lowest BCUT2D eigenvalue weighted by Crippen LogP contribution is -2.40. The molecule has 0 amide bonds. The summed E-state index contributed by atoms with van der Waals surface area (Å²) >= 11 is 21.9. The van der Waals surface area contributed by atoms with E-state index in [1.54, 1.807) is 49.8 Å². The lowest BCUT2D eigenvalue weighted by Gasteiger charge is -2.34. The van der Waals surface area contributed by atoms with Gasteiger partial charge in [0.2, 0.25) is 0 Å². The average Bonchev–Trinajstić information content (AvgIpc) is 2.80. The molecule has 3 N–H and O–H groups in total. The van der Waals surface area contributed by atoms with Crippen molar-refractivity contribution in [3.05, 3.63) is 70.3 Å². The fourth-order valence-electron chi connectivity index (χ4n) is 3.40. The number of hydrogen-bond donors (Lipinski definition) is 7. The van der Waals surface area contributed by atoms with Gasteiger partial charge in [-0.25, -0.2) is 4.98 Å². The van der Waals surface area contributed by atoms with E-state index in [1.807, 2.05) is 19.1 Å². The van der Waals surface area contributed by atoms with E-state index in [9.17, 15) is 4.79 Å². The molecule has 0 aliphatic heterocycles. The van der Waals surface area contributed by atoms with Gasteiger partial charge < -0.3 is 11.1 Å². The third-order valence-corrected chi connectivity index (χ3v) is 8.24. The van der Waals surface area contributed by atoms with E-state index in [2.05, 4.69) is 88.5 Å². The summed E-state index contributed by atoms with van der Waals surface area (Å²) in [7, 11) is 1.65. The van der Waals surface area contributed by atoms with Gasteiger partial charge in [-0.1, -0.05) is 6.07 Å². The predicted molar refractivity (Wildman–Crippen MR) is 165 cm³/mol. The zero-order valence-electron chi connectivity index (χ0n) is 19.2. The summed E-state index contributed by atoms with van der Waals surface area (Å²) in [6.07, 6.45) is 3.26. The number of fused-ring (bicyclic) bond motifs is 1. The van der Waals surface area contributed by atoms with E-state index in [0.29, 0.717) is 44.9 Å². The molecular formula is C23H23N7OS5. The van der Waals surface area contributed by atoms with Crippen molar-refractivity contribution in [2.45, 2.75) is 14.5 Å². The highest BCUT2D eigenvalue weighted by Crippen LogP contribution is 2.44. The highest BCUT2D eigenvalue weighted by Gasteiger charge is 2.39. The van der Waals surface area contributed by atoms with Crippen LogP contribution in [0.4, 0.5) is 11.5 Å². The van der Waals surface area contributed by atoms with Crippen LogP contribution in [0.15, 0.2) is 58.4 Å². The molecule has 36 heavy (non-hydrogen) atoms. The molecule has 0 radical (unpaired) electrons. The third kappa shape index (κ3) is 5.35. The molecular weight excluding hydrogens is 551 g/mol. The summed E-state index contributed by atoms with van der Waals surface area (Å²) in [6, 6.07) is 12.3. The van der Waals surface area contributed by atoms with Gasteiger partial charge in [0, 0.05) is 42.0 Å². The summed E-state index contributed by atoms with van der Waals surface area (Å²) in [5, 5.41) is 7.63. The molecule has 8 nitrogen and oxygen atoms in total. The highest BCUT2D eigenvalue weighted by molar-refractivity contribution is 8.20. The number of hydrogen-bond acceptors (Lipinski definition) is 12. The van der Waals surface area contributed by atoms with E-state index in [4.69, 9.17) is 5.73 Å². The normalized spacial score (nSPS) is 12.4. The maximum atomic E-state index is 13.9. The van der Waals surface area contributed by atoms with E-state index in [-0.39, 0.29) is 5.56 Å². The maximum absolute atomic E-state index is 13.9. The monoisotopic (exact) mass is 573 g/mol. The lowest BCUT2D eigenvalue weighted by molar-refractivity contribution is 0.832. The first-order valence-electron chi connectivity index (χ1n) is 10.5. The predicted octanol–water partition coefficient (Wildman–Crippen LogP) is 4.15.